The lowest BCUT2D eigenvalue weighted by Gasteiger charge is -2.10. The molecule has 0 aromatic heterocycles. The maximum Gasteiger partial charge on any atom is 0.235 e. The molecule has 0 radical (unpaired) electrons. The van der Waals surface area contributed by atoms with E-state index >= 15 is 0 Å². The van der Waals surface area contributed by atoms with E-state index in [2.05, 4.69) is 0 Å². The molecule has 4 nitrogen and oxygen atoms in total. The Morgan fingerprint density at radius 2 is 2.20 bits per heavy atom. The van der Waals surface area contributed by atoms with Crippen LogP contribution in [-0.2, 0) is 4.79 Å². The number of hydrogen-bond donors (Lipinski definition) is 1. The SMILES string of the molecule is CSC(C(N)=O)c1ccc2c(c1)OCO2. The third-order valence-electron chi connectivity index (χ3n) is 2.19. The molecule has 2 rings (SSSR count). The Balaban J connectivity index is 2.32. The lowest BCUT2D eigenvalue weighted by atomic mass is 10.1. The van der Waals surface area contributed by atoms with E-state index in [4.69, 9.17) is 15.2 Å². The molecule has 2 N–H and O–H groups in total. The molecule has 1 aliphatic heterocycles. The van der Waals surface area contributed by atoms with Crippen molar-refractivity contribution in [1.29, 1.82) is 0 Å². The van der Waals surface area contributed by atoms with E-state index in [1.165, 1.54) is 11.8 Å². The zero-order valence-electron chi connectivity index (χ0n) is 8.23. The molecule has 0 fully saturated rings. The van der Waals surface area contributed by atoms with Crippen molar-refractivity contribution in [1.82, 2.24) is 0 Å². The maximum absolute atomic E-state index is 11.2. The van der Waals surface area contributed by atoms with E-state index in [1.54, 1.807) is 12.1 Å². The van der Waals surface area contributed by atoms with Gasteiger partial charge in [-0.25, -0.2) is 0 Å². The number of carbonyl (C=O) groups is 1. The zero-order valence-corrected chi connectivity index (χ0v) is 9.04. The first-order chi connectivity index (χ1) is 7.22. The van der Waals surface area contributed by atoms with Crippen LogP contribution in [0.2, 0.25) is 0 Å². The average molecular weight is 225 g/mol. The van der Waals surface area contributed by atoms with E-state index in [0.29, 0.717) is 11.5 Å². The van der Waals surface area contributed by atoms with Crippen molar-refractivity contribution in [3.05, 3.63) is 23.8 Å². The van der Waals surface area contributed by atoms with Gasteiger partial charge in [0.05, 0.1) is 0 Å². The number of thioether (sulfide) groups is 1. The van der Waals surface area contributed by atoms with Gasteiger partial charge in [0.1, 0.15) is 5.25 Å². The van der Waals surface area contributed by atoms with Crippen molar-refractivity contribution in [3.8, 4) is 11.5 Å². The molecule has 15 heavy (non-hydrogen) atoms. The van der Waals surface area contributed by atoms with Crippen LogP contribution in [0.1, 0.15) is 10.8 Å². The standard InChI is InChI=1S/C10H11NO3S/c1-15-9(10(11)12)6-2-3-7-8(4-6)14-5-13-7/h2-4,9H,5H2,1H3,(H2,11,12). The van der Waals surface area contributed by atoms with Gasteiger partial charge in [-0.05, 0) is 24.0 Å². The molecule has 1 atom stereocenters. The van der Waals surface area contributed by atoms with Crippen molar-refractivity contribution in [2.75, 3.05) is 13.0 Å². The second-order valence-corrected chi connectivity index (χ2v) is 4.07. The number of ether oxygens (including phenoxy) is 2. The Labute approximate surface area is 91.7 Å². The predicted octanol–water partition coefficient (Wildman–Crippen LogP) is 1.30. The van der Waals surface area contributed by atoms with Crippen molar-refractivity contribution in [2.24, 2.45) is 5.73 Å². The van der Waals surface area contributed by atoms with E-state index in [1.807, 2.05) is 12.3 Å². The molecule has 1 aliphatic rings. The number of fused-ring (bicyclic) bond motifs is 1. The second-order valence-electron chi connectivity index (χ2n) is 3.13. The van der Waals surface area contributed by atoms with Gasteiger partial charge in [-0.3, -0.25) is 4.79 Å². The summed E-state index contributed by atoms with van der Waals surface area (Å²) in [5, 5.41) is -0.334. The Hall–Kier alpha value is -1.36. The monoisotopic (exact) mass is 225 g/mol. The highest BCUT2D eigenvalue weighted by molar-refractivity contribution is 7.99. The third-order valence-corrected chi connectivity index (χ3v) is 3.17. The van der Waals surface area contributed by atoms with Crippen LogP contribution in [-0.4, -0.2) is 19.0 Å². The van der Waals surface area contributed by atoms with Gasteiger partial charge in [0.15, 0.2) is 11.5 Å². The minimum atomic E-state index is -0.346. The highest BCUT2D eigenvalue weighted by atomic mass is 32.2. The summed E-state index contributed by atoms with van der Waals surface area (Å²) in [6.45, 7) is 0.235. The van der Waals surface area contributed by atoms with Crippen molar-refractivity contribution in [3.63, 3.8) is 0 Å². The molecular formula is C10H11NO3S. The smallest absolute Gasteiger partial charge is 0.235 e. The van der Waals surface area contributed by atoms with Gasteiger partial charge in [-0.15, -0.1) is 11.8 Å². The Morgan fingerprint density at radius 1 is 1.47 bits per heavy atom. The molecule has 0 aliphatic carbocycles. The predicted molar refractivity (Wildman–Crippen MR) is 58.0 cm³/mol. The summed E-state index contributed by atoms with van der Waals surface area (Å²) in [6, 6.07) is 5.43. The molecule has 0 bridgehead atoms. The Bertz CT molecular complexity index is 394. The van der Waals surface area contributed by atoms with Crippen molar-refractivity contribution in [2.45, 2.75) is 5.25 Å². The van der Waals surface area contributed by atoms with Gasteiger partial charge in [0.25, 0.3) is 0 Å². The molecule has 1 heterocycles. The molecule has 5 heteroatoms. The van der Waals surface area contributed by atoms with Gasteiger partial charge >= 0.3 is 0 Å². The van der Waals surface area contributed by atoms with Gasteiger partial charge in [0, 0.05) is 0 Å². The molecule has 1 aromatic carbocycles. The second kappa shape index (κ2) is 4.02. The first kappa shape index (κ1) is 10.2. The summed E-state index contributed by atoms with van der Waals surface area (Å²) < 4.78 is 10.4. The third kappa shape index (κ3) is 1.87. The fourth-order valence-corrected chi connectivity index (χ4v) is 2.14. The molecule has 80 valence electrons. The molecule has 1 aromatic rings. The first-order valence-corrected chi connectivity index (χ1v) is 5.73. The zero-order chi connectivity index (χ0) is 10.8. The van der Waals surface area contributed by atoms with Crippen LogP contribution in [0, 0.1) is 0 Å². The lowest BCUT2D eigenvalue weighted by Crippen LogP contribution is -2.18. The Kier molecular flexibility index (Phi) is 2.73. The first-order valence-electron chi connectivity index (χ1n) is 4.44. The lowest BCUT2D eigenvalue weighted by molar-refractivity contribution is -0.117. The summed E-state index contributed by atoms with van der Waals surface area (Å²) in [5.74, 6) is 1.04. The fourth-order valence-electron chi connectivity index (χ4n) is 1.49. The summed E-state index contributed by atoms with van der Waals surface area (Å²) in [7, 11) is 0. The normalized spacial score (nSPS) is 15.0. The van der Waals surface area contributed by atoms with Crippen molar-refractivity contribution < 1.29 is 14.3 Å². The van der Waals surface area contributed by atoms with Gasteiger partial charge < -0.3 is 15.2 Å². The minimum absolute atomic E-state index is 0.235. The van der Waals surface area contributed by atoms with Crippen LogP contribution in [0.15, 0.2) is 18.2 Å². The number of carbonyl (C=O) groups excluding carboxylic acids is 1. The minimum Gasteiger partial charge on any atom is -0.454 e. The topological polar surface area (TPSA) is 61.6 Å². The van der Waals surface area contributed by atoms with E-state index in [0.717, 1.165) is 5.56 Å². The van der Waals surface area contributed by atoms with Crippen molar-refractivity contribution >= 4 is 17.7 Å². The summed E-state index contributed by atoms with van der Waals surface area (Å²) in [4.78, 5) is 11.2. The number of nitrogens with two attached hydrogens (primary N) is 1. The number of primary amides is 1. The largest absolute Gasteiger partial charge is 0.454 e. The van der Waals surface area contributed by atoms with E-state index < -0.39 is 0 Å². The molecule has 0 saturated carbocycles. The highest BCUT2D eigenvalue weighted by Crippen LogP contribution is 2.36. The van der Waals surface area contributed by atoms with Crippen LogP contribution >= 0.6 is 11.8 Å². The van der Waals surface area contributed by atoms with Gasteiger partial charge in [-0.1, -0.05) is 6.07 Å². The van der Waals surface area contributed by atoms with Crippen LogP contribution in [0.4, 0.5) is 0 Å². The van der Waals surface area contributed by atoms with Crippen LogP contribution in [0.3, 0.4) is 0 Å². The van der Waals surface area contributed by atoms with E-state index in [-0.39, 0.29) is 18.0 Å². The number of hydrogen-bond acceptors (Lipinski definition) is 4. The number of rotatable bonds is 3. The molecule has 1 amide bonds. The summed E-state index contributed by atoms with van der Waals surface area (Å²) in [6.07, 6.45) is 1.85. The summed E-state index contributed by atoms with van der Waals surface area (Å²) in [5.41, 5.74) is 6.14. The Morgan fingerprint density at radius 3 is 2.87 bits per heavy atom. The van der Waals surface area contributed by atoms with Crippen LogP contribution < -0.4 is 15.2 Å². The quantitative estimate of drug-likeness (QED) is 0.842. The van der Waals surface area contributed by atoms with Gasteiger partial charge in [-0.2, -0.15) is 0 Å². The maximum atomic E-state index is 11.2. The van der Waals surface area contributed by atoms with Crippen LogP contribution in [0.25, 0.3) is 0 Å². The molecular weight excluding hydrogens is 214 g/mol. The van der Waals surface area contributed by atoms with E-state index in [9.17, 15) is 4.79 Å². The van der Waals surface area contributed by atoms with Gasteiger partial charge in [0.2, 0.25) is 12.7 Å². The highest BCUT2D eigenvalue weighted by Gasteiger charge is 2.20. The molecule has 0 saturated heterocycles. The number of amides is 1. The fraction of sp³-hybridized carbons (Fsp3) is 0.300. The molecule has 0 spiro atoms. The number of benzene rings is 1. The summed E-state index contributed by atoms with van der Waals surface area (Å²) >= 11 is 1.41. The average Bonchev–Trinajstić information content (AvgIpc) is 2.65. The molecule has 1 unspecified atom stereocenters. The van der Waals surface area contributed by atoms with Crippen LogP contribution in [0.5, 0.6) is 11.5 Å².